The summed E-state index contributed by atoms with van der Waals surface area (Å²) in [5, 5.41) is 0.526. The number of halogens is 1. The van der Waals surface area contributed by atoms with E-state index in [0.29, 0.717) is 16.1 Å². The maximum Gasteiger partial charge on any atom is 0.326 e. The minimum atomic E-state index is -1.31. The molecule has 0 saturated carbocycles. The van der Waals surface area contributed by atoms with Crippen molar-refractivity contribution >= 4 is 23.4 Å². The standard InChI is InChI=1S/C34H25ClO3/c35-30-23-21-26(22-24-30)32(31(36)25-13-5-1-6-14-25)38-33(37)34(27-15-7-2-8-16-27,28-17-9-3-10-18-28)29-19-11-4-12-20-29/h1-24,32H/t32-/m1/s1. The second-order valence-corrected chi connectivity index (χ2v) is 9.35. The fraction of sp³-hybridized carbons (Fsp3) is 0.0588. The summed E-state index contributed by atoms with van der Waals surface area (Å²) in [5.41, 5.74) is 1.90. The number of rotatable bonds is 8. The Hall–Kier alpha value is -4.47. The molecule has 0 aromatic heterocycles. The van der Waals surface area contributed by atoms with Crippen LogP contribution >= 0.6 is 11.6 Å². The SMILES string of the molecule is O=C(c1ccccc1)[C@H](OC(=O)C(c1ccccc1)(c1ccccc1)c1ccccc1)c1ccc(Cl)cc1. The molecule has 0 radical (unpaired) electrons. The number of hydrogen-bond donors (Lipinski definition) is 0. The van der Waals surface area contributed by atoms with Gasteiger partial charge in [-0.3, -0.25) is 9.59 Å². The van der Waals surface area contributed by atoms with Crippen LogP contribution < -0.4 is 0 Å². The molecule has 5 aromatic carbocycles. The maximum atomic E-state index is 14.7. The largest absolute Gasteiger partial charge is 0.448 e. The van der Waals surface area contributed by atoms with E-state index in [1.165, 1.54) is 0 Å². The highest BCUT2D eigenvalue weighted by Gasteiger charge is 2.47. The van der Waals surface area contributed by atoms with Crippen LogP contribution in [-0.2, 0) is 14.9 Å². The molecule has 0 bridgehead atoms. The molecule has 0 aliphatic rings. The Labute approximate surface area is 227 Å². The van der Waals surface area contributed by atoms with Gasteiger partial charge in [0.15, 0.2) is 6.10 Å². The third-order valence-corrected chi connectivity index (χ3v) is 6.87. The Morgan fingerprint density at radius 3 is 1.37 bits per heavy atom. The van der Waals surface area contributed by atoms with E-state index in [-0.39, 0.29) is 5.78 Å². The van der Waals surface area contributed by atoms with Gasteiger partial charge in [-0.1, -0.05) is 145 Å². The number of ketones is 1. The molecule has 0 unspecified atom stereocenters. The Balaban J connectivity index is 1.70. The van der Waals surface area contributed by atoms with Crippen molar-refractivity contribution in [1.29, 1.82) is 0 Å². The molecule has 5 aromatic rings. The van der Waals surface area contributed by atoms with Crippen LogP contribution in [0.1, 0.15) is 38.7 Å². The smallest absolute Gasteiger partial charge is 0.326 e. The summed E-state index contributed by atoms with van der Waals surface area (Å²) in [6, 6.07) is 44.3. The van der Waals surface area contributed by atoms with Crippen LogP contribution in [0.25, 0.3) is 0 Å². The summed E-state index contributed by atoms with van der Waals surface area (Å²) in [4.78, 5) is 28.4. The van der Waals surface area contributed by atoms with Crippen molar-refractivity contribution in [3.05, 3.63) is 178 Å². The lowest BCUT2D eigenvalue weighted by atomic mass is 9.69. The topological polar surface area (TPSA) is 43.4 Å². The molecule has 0 spiro atoms. The zero-order valence-electron chi connectivity index (χ0n) is 20.5. The molecule has 0 aliphatic heterocycles. The first-order valence-corrected chi connectivity index (χ1v) is 12.7. The molecular weight excluding hydrogens is 492 g/mol. The highest BCUT2D eigenvalue weighted by Crippen LogP contribution is 2.42. The number of ether oxygens (including phenoxy) is 1. The van der Waals surface area contributed by atoms with Gasteiger partial charge in [0.2, 0.25) is 5.78 Å². The second-order valence-electron chi connectivity index (χ2n) is 8.92. The van der Waals surface area contributed by atoms with Crippen molar-refractivity contribution in [3.63, 3.8) is 0 Å². The predicted molar refractivity (Wildman–Crippen MR) is 150 cm³/mol. The van der Waals surface area contributed by atoms with Crippen molar-refractivity contribution < 1.29 is 14.3 Å². The van der Waals surface area contributed by atoms with E-state index < -0.39 is 17.5 Å². The lowest BCUT2D eigenvalue weighted by Gasteiger charge is -2.34. The first-order chi connectivity index (χ1) is 18.6. The maximum absolute atomic E-state index is 14.7. The monoisotopic (exact) mass is 516 g/mol. The van der Waals surface area contributed by atoms with Crippen LogP contribution in [0.5, 0.6) is 0 Å². The molecule has 0 amide bonds. The van der Waals surface area contributed by atoms with Gasteiger partial charge < -0.3 is 4.74 Å². The molecular formula is C34H25ClO3. The predicted octanol–water partition coefficient (Wildman–Crippen LogP) is 7.84. The van der Waals surface area contributed by atoms with Gasteiger partial charge in [0.05, 0.1) is 0 Å². The van der Waals surface area contributed by atoms with Crippen LogP contribution in [0.15, 0.2) is 146 Å². The number of hydrogen-bond acceptors (Lipinski definition) is 3. The Morgan fingerprint density at radius 2 is 0.947 bits per heavy atom. The van der Waals surface area contributed by atoms with Crippen molar-refractivity contribution in [2.45, 2.75) is 11.5 Å². The normalized spacial score (nSPS) is 11.9. The summed E-state index contributed by atoms with van der Waals surface area (Å²) in [5.74, 6) is -0.866. The van der Waals surface area contributed by atoms with Crippen LogP contribution in [-0.4, -0.2) is 11.8 Å². The third kappa shape index (κ3) is 4.89. The van der Waals surface area contributed by atoms with E-state index in [1.54, 1.807) is 48.5 Å². The first kappa shape index (κ1) is 25.2. The van der Waals surface area contributed by atoms with Gasteiger partial charge in [0, 0.05) is 16.1 Å². The summed E-state index contributed by atoms with van der Waals surface area (Å²) < 4.78 is 6.29. The van der Waals surface area contributed by atoms with E-state index >= 15 is 0 Å². The molecule has 4 heteroatoms. The molecule has 186 valence electrons. The number of benzene rings is 5. The van der Waals surface area contributed by atoms with Crippen molar-refractivity contribution in [1.82, 2.24) is 0 Å². The van der Waals surface area contributed by atoms with Crippen molar-refractivity contribution in [3.8, 4) is 0 Å². The fourth-order valence-corrected chi connectivity index (χ4v) is 4.90. The summed E-state index contributed by atoms with van der Waals surface area (Å²) >= 11 is 6.14. The molecule has 1 atom stereocenters. The van der Waals surface area contributed by atoms with Gasteiger partial charge in [-0.05, 0) is 28.8 Å². The summed E-state index contributed by atoms with van der Waals surface area (Å²) in [6.45, 7) is 0. The van der Waals surface area contributed by atoms with Crippen LogP contribution in [0.3, 0.4) is 0 Å². The summed E-state index contributed by atoms with van der Waals surface area (Å²) in [7, 11) is 0. The molecule has 0 N–H and O–H groups in total. The van der Waals surface area contributed by atoms with Crippen molar-refractivity contribution in [2.24, 2.45) is 0 Å². The molecule has 0 saturated heterocycles. The molecule has 0 heterocycles. The molecule has 38 heavy (non-hydrogen) atoms. The van der Waals surface area contributed by atoms with Gasteiger partial charge >= 0.3 is 5.97 Å². The fourth-order valence-electron chi connectivity index (χ4n) is 4.78. The second kappa shape index (κ2) is 11.3. The van der Waals surface area contributed by atoms with Gasteiger partial charge in [-0.15, -0.1) is 0 Å². The van der Waals surface area contributed by atoms with Crippen LogP contribution in [0, 0.1) is 0 Å². The van der Waals surface area contributed by atoms with Gasteiger partial charge in [0.25, 0.3) is 0 Å². The quantitative estimate of drug-likeness (QED) is 0.120. The molecule has 0 aliphatic carbocycles. The minimum Gasteiger partial charge on any atom is -0.448 e. The third-order valence-electron chi connectivity index (χ3n) is 6.62. The minimum absolute atomic E-state index is 0.315. The number of carbonyl (C=O) groups is 2. The van der Waals surface area contributed by atoms with Gasteiger partial charge in [-0.2, -0.15) is 0 Å². The zero-order chi connectivity index (χ0) is 26.4. The highest BCUT2D eigenvalue weighted by molar-refractivity contribution is 6.30. The highest BCUT2D eigenvalue weighted by atomic mass is 35.5. The lowest BCUT2D eigenvalue weighted by Crippen LogP contribution is -2.41. The first-order valence-electron chi connectivity index (χ1n) is 12.3. The van der Waals surface area contributed by atoms with E-state index in [1.807, 2.05) is 97.1 Å². The van der Waals surface area contributed by atoms with E-state index in [0.717, 1.165) is 16.7 Å². The number of carbonyl (C=O) groups excluding carboxylic acids is 2. The van der Waals surface area contributed by atoms with E-state index in [4.69, 9.17) is 16.3 Å². The molecule has 5 rings (SSSR count). The Morgan fingerprint density at radius 1 is 0.553 bits per heavy atom. The van der Waals surface area contributed by atoms with E-state index in [2.05, 4.69) is 0 Å². The van der Waals surface area contributed by atoms with E-state index in [9.17, 15) is 9.59 Å². The lowest BCUT2D eigenvalue weighted by molar-refractivity contribution is -0.151. The van der Waals surface area contributed by atoms with Crippen LogP contribution in [0.4, 0.5) is 0 Å². The number of esters is 1. The Bertz CT molecular complexity index is 1400. The molecule has 0 fully saturated rings. The summed E-state index contributed by atoms with van der Waals surface area (Å²) in [6.07, 6.45) is -1.17. The Kier molecular flexibility index (Phi) is 7.48. The average molecular weight is 517 g/mol. The van der Waals surface area contributed by atoms with Crippen LogP contribution in [0.2, 0.25) is 5.02 Å². The van der Waals surface area contributed by atoms with Gasteiger partial charge in [0.1, 0.15) is 5.41 Å². The average Bonchev–Trinajstić information content (AvgIpc) is 2.99. The van der Waals surface area contributed by atoms with Gasteiger partial charge in [-0.25, -0.2) is 0 Å². The zero-order valence-corrected chi connectivity index (χ0v) is 21.3. The van der Waals surface area contributed by atoms with Crippen molar-refractivity contribution in [2.75, 3.05) is 0 Å². The number of Topliss-reactive ketones (excluding diaryl/α,β-unsaturated/α-hetero) is 1. The molecule has 3 nitrogen and oxygen atoms in total.